The van der Waals surface area contributed by atoms with E-state index in [1.807, 2.05) is 0 Å². The Bertz CT molecular complexity index is 519. The van der Waals surface area contributed by atoms with Crippen molar-refractivity contribution in [3.8, 4) is 0 Å². The summed E-state index contributed by atoms with van der Waals surface area (Å²) in [6, 6.07) is 3.31. The molecular weight excluding hydrogens is 251 g/mol. The molecule has 1 aliphatic rings. The van der Waals surface area contributed by atoms with Crippen LogP contribution in [0.4, 0.5) is 4.39 Å². The molecule has 1 unspecified atom stereocenters. The van der Waals surface area contributed by atoms with Crippen molar-refractivity contribution in [1.82, 2.24) is 10.2 Å². The first-order valence-corrected chi connectivity index (χ1v) is 5.99. The molecule has 0 aliphatic carbocycles. The largest absolute Gasteiger partial charge is 0.478 e. The van der Waals surface area contributed by atoms with Crippen LogP contribution in [0.3, 0.4) is 0 Å². The zero-order chi connectivity index (χ0) is 14.0. The average Bonchev–Trinajstić information content (AvgIpc) is 2.69. The molecule has 1 aliphatic heterocycles. The molecular formula is C13H15FN2O3. The summed E-state index contributed by atoms with van der Waals surface area (Å²) >= 11 is 0. The Labute approximate surface area is 110 Å². The Morgan fingerprint density at radius 2 is 2.32 bits per heavy atom. The first-order chi connectivity index (χ1) is 8.99. The van der Waals surface area contributed by atoms with Gasteiger partial charge in [-0.25, -0.2) is 9.18 Å². The summed E-state index contributed by atoms with van der Waals surface area (Å²) in [4.78, 5) is 24.1. The van der Waals surface area contributed by atoms with Gasteiger partial charge in [-0.3, -0.25) is 4.79 Å². The molecule has 1 fully saturated rings. The van der Waals surface area contributed by atoms with E-state index in [0.717, 1.165) is 6.07 Å². The van der Waals surface area contributed by atoms with Gasteiger partial charge in [-0.05, 0) is 24.6 Å². The van der Waals surface area contributed by atoms with E-state index in [1.165, 1.54) is 12.1 Å². The van der Waals surface area contributed by atoms with Crippen LogP contribution >= 0.6 is 0 Å². The van der Waals surface area contributed by atoms with Gasteiger partial charge >= 0.3 is 5.97 Å². The van der Waals surface area contributed by atoms with Gasteiger partial charge in [-0.2, -0.15) is 0 Å². The van der Waals surface area contributed by atoms with Crippen molar-refractivity contribution >= 4 is 11.9 Å². The maximum Gasteiger partial charge on any atom is 0.335 e. The molecule has 0 saturated carbocycles. The van der Waals surface area contributed by atoms with Crippen molar-refractivity contribution in [3.63, 3.8) is 0 Å². The number of likely N-dealkylation sites (N-methyl/N-ethyl adjacent to an activating group) is 1. The Hall–Kier alpha value is -1.95. The summed E-state index contributed by atoms with van der Waals surface area (Å²) < 4.78 is 13.6. The smallest absolute Gasteiger partial charge is 0.335 e. The number of likely N-dealkylation sites (tertiary alicyclic amines) is 1. The van der Waals surface area contributed by atoms with E-state index in [4.69, 9.17) is 5.11 Å². The Kier molecular flexibility index (Phi) is 3.80. The number of amides is 1. The molecule has 1 aromatic rings. The van der Waals surface area contributed by atoms with E-state index in [2.05, 4.69) is 5.32 Å². The van der Waals surface area contributed by atoms with Gasteiger partial charge in [0.25, 0.3) is 0 Å². The molecule has 0 bridgehead atoms. The maximum atomic E-state index is 13.6. The summed E-state index contributed by atoms with van der Waals surface area (Å²) in [7, 11) is 1.72. The molecule has 2 N–H and O–H groups in total. The number of carboxylic acid groups (broad SMARTS) is 1. The lowest BCUT2D eigenvalue weighted by atomic mass is 10.1. The fraction of sp³-hybridized carbons (Fsp3) is 0.385. The lowest BCUT2D eigenvalue weighted by molar-refractivity contribution is -0.128. The van der Waals surface area contributed by atoms with E-state index in [1.54, 1.807) is 11.9 Å². The molecule has 0 radical (unpaired) electrons. The van der Waals surface area contributed by atoms with Crippen LogP contribution in [0.2, 0.25) is 0 Å². The Morgan fingerprint density at radius 1 is 1.58 bits per heavy atom. The van der Waals surface area contributed by atoms with Crippen molar-refractivity contribution in [2.75, 3.05) is 13.6 Å². The summed E-state index contributed by atoms with van der Waals surface area (Å²) in [5.74, 6) is -1.59. The fourth-order valence-corrected chi connectivity index (χ4v) is 2.09. The minimum Gasteiger partial charge on any atom is -0.478 e. The zero-order valence-corrected chi connectivity index (χ0v) is 10.5. The lowest BCUT2D eigenvalue weighted by Gasteiger charge is -2.12. The van der Waals surface area contributed by atoms with Crippen LogP contribution in [0.1, 0.15) is 22.3 Å². The molecule has 1 atom stereocenters. The van der Waals surface area contributed by atoms with Crippen molar-refractivity contribution in [2.45, 2.75) is 19.0 Å². The normalized spacial score (nSPS) is 18.9. The number of aromatic carboxylic acids is 1. The molecule has 2 rings (SSSR count). The van der Waals surface area contributed by atoms with Crippen LogP contribution < -0.4 is 5.32 Å². The van der Waals surface area contributed by atoms with Gasteiger partial charge in [-0.15, -0.1) is 0 Å². The Balaban J connectivity index is 2.05. The third-order valence-corrected chi connectivity index (χ3v) is 3.26. The third kappa shape index (κ3) is 2.90. The number of rotatable bonds is 4. The molecule has 1 heterocycles. The number of carbonyl (C=O) groups is 2. The van der Waals surface area contributed by atoms with Gasteiger partial charge in [0.1, 0.15) is 5.82 Å². The van der Waals surface area contributed by atoms with Gasteiger partial charge in [-0.1, -0.05) is 0 Å². The number of nitrogens with zero attached hydrogens (tertiary/aromatic N) is 1. The minimum absolute atomic E-state index is 0.0187. The number of benzene rings is 1. The highest BCUT2D eigenvalue weighted by molar-refractivity contribution is 5.87. The summed E-state index contributed by atoms with van der Waals surface area (Å²) in [5.41, 5.74) is 0.287. The third-order valence-electron chi connectivity index (χ3n) is 3.26. The predicted molar refractivity (Wildman–Crippen MR) is 66.2 cm³/mol. The Morgan fingerprint density at radius 3 is 2.89 bits per heavy atom. The molecule has 0 aromatic heterocycles. The first-order valence-electron chi connectivity index (χ1n) is 5.99. The van der Waals surface area contributed by atoms with Crippen LogP contribution in [0.25, 0.3) is 0 Å². The number of hydrogen-bond acceptors (Lipinski definition) is 3. The standard InChI is InChI=1S/C13H15FN2O3/c1-16-5-4-11(12(16)17)15-7-9-6-8(13(18)19)2-3-10(9)14/h2-3,6,11,15H,4-5,7H2,1H3,(H,18,19). The molecule has 1 aromatic carbocycles. The number of hydrogen-bond donors (Lipinski definition) is 2. The van der Waals surface area contributed by atoms with E-state index in [9.17, 15) is 14.0 Å². The monoisotopic (exact) mass is 266 g/mol. The number of carbonyl (C=O) groups excluding carboxylic acids is 1. The lowest BCUT2D eigenvalue weighted by Crippen LogP contribution is -2.36. The van der Waals surface area contributed by atoms with Crippen molar-refractivity contribution in [3.05, 3.63) is 35.1 Å². The number of nitrogens with one attached hydrogen (secondary N) is 1. The predicted octanol–water partition coefficient (Wildman–Crippen LogP) is 0.844. The summed E-state index contributed by atoms with van der Waals surface area (Å²) in [6.07, 6.45) is 0.676. The second-order valence-electron chi connectivity index (χ2n) is 4.59. The fourth-order valence-electron chi connectivity index (χ4n) is 2.09. The van der Waals surface area contributed by atoms with Gasteiger partial charge in [0, 0.05) is 25.7 Å². The van der Waals surface area contributed by atoms with E-state index < -0.39 is 11.8 Å². The highest BCUT2D eigenvalue weighted by Crippen LogP contribution is 2.13. The first kappa shape index (κ1) is 13.5. The second-order valence-corrected chi connectivity index (χ2v) is 4.59. The minimum atomic E-state index is -1.10. The van der Waals surface area contributed by atoms with E-state index in [0.29, 0.717) is 13.0 Å². The van der Waals surface area contributed by atoms with Crippen molar-refractivity contribution < 1.29 is 19.1 Å². The quantitative estimate of drug-likeness (QED) is 0.847. The van der Waals surface area contributed by atoms with Crippen molar-refractivity contribution in [1.29, 1.82) is 0 Å². The molecule has 6 heteroatoms. The highest BCUT2D eigenvalue weighted by Gasteiger charge is 2.28. The van der Waals surface area contributed by atoms with Crippen LogP contribution in [0, 0.1) is 5.82 Å². The van der Waals surface area contributed by atoms with Crippen LogP contribution in [0.15, 0.2) is 18.2 Å². The molecule has 0 spiro atoms. The SMILES string of the molecule is CN1CCC(NCc2cc(C(=O)O)ccc2F)C1=O. The molecule has 102 valence electrons. The average molecular weight is 266 g/mol. The van der Waals surface area contributed by atoms with Crippen LogP contribution in [-0.2, 0) is 11.3 Å². The molecule has 19 heavy (non-hydrogen) atoms. The van der Waals surface area contributed by atoms with E-state index in [-0.39, 0.29) is 29.6 Å². The van der Waals surface area contributed by atoms with Gasteiger partial charge in [0.2, 0.25) is 5.91 Å². The number of carboxylic acids is 1. The van der Waals surface area contributed by atoms with Crippen LogP contribution in [-0.4, -0.2) is 41.5 Å². The molecule has 5 nitrogen and oxygen atoms in total. The highest BCUT2D eigenvalue weighted by atomic mass is 19.1. The van der Waals surface area contributed by atoms with Crippen LogP contribution in [0.5, 0.6) is 0 Å². The van der Waals surface area contributed by atoms with Gasteiger partial charge in [0.15, 0.2) is 0 Å². The van der Waals surface area contributed by atoms with Gasteiger partial charge < -0.3 is 15.3 Å². The van der Waals surface area contributed by atoms with Gasteiger partial charge in [0.05, 0.1) is 11.6 Å². The zero-order valence-electron chi connectivity index (χ0n) is 10.5. The van der Waals surface area contributed by atoms with Crippen molar-refractivity contribution in [2.24, 2.45) is 0 Å². The maximum absolute atomic E-state index is 13.6. The summed E-state index contributed by atoms with van der Waals surface area (Å²) in [6.45, 7) is 0.811. The van der Waals surface area contributed by atoms with E-state index >= 15 is 0 Å². The molecule has 1 saturated heterocycles. The second kappa shape index (κ2) is 5.36. The number of halogens is 1. The summed E-state index contributed by atoms with van der Waals surface area (Å²) in [5, 5.41) is 11.8. The molecule has 1 amide bonds. The topological polar surface area (TPSA) is 69.6 Å².